The number of piperidine rings is 1. The smallest absolute Gasteiger partial charge is 0.226 e. The molecule has 3 heteroatoms. The molecule has 0 aromatic heterocycles. The highest BCUT2D eigenvalue weighted by Gasteiger charge is 2.53. The van der Waals surface area contributed by atoms with Crippen LogP contribution >= 0.6 is 0 Å². The van der Waals surface area contributed by atoms with E-state index < -0.39 is 0 Å². The van der Waals surface area contributed by atoms with Gasteiger partial charge in [0.2, 0.25) is 5.91 Å². The summed E-state index contributed by atoms with van der Waals surface area (Å²) < 4.78 is 0. The first-order chi connectivity index (χ1) is 9.00. The van der Waals surface area contributed by atoms with Crippen LogP contribution in [-0.2, 0) is 9.59 Å². The fourth-order valence-electron chi connectivity index (χ4n) is 3.99. The van der Waals surface area contributed by atoms with E-state index in [0.717, 1.165) is 45.1 Å². The number of carbonyl (C=O) groups is 2. The van der Waals surface area contributed by atoms with Crippen molar-refractivity contribution in [2.45, 2.75) is 64.8 Å². The van der Waals surface area contributed by atoms with Crippen molar-refractivity contribution in [1.82, 2.24) is 4.90 Å². The highest BCUT2D eigenvalue weighted by molar-refractivity contribution is 5.86. The van der Waals surface area contributed by atoms with Crippen LogP contribution in [0.4, 0.5) is 0 Å². The quantitative estimate of drug-likeness (QED) is 0.768. The third kappa shape index (κ3) is 2.32. The molecule has 3 nitrogen and oxygen atoms in total. The molecule has 1 amide bonds. The first-order valence-electron chi connectivity index (χ1n) is 7.84. The molecule has 3 rings (SSSR count). The number of Topliss-reactive ketones (excluding diaryl/α,β-unsaturated/α-hetero) is 1. The van der Waals surface area contributed by atoms with Crippen molar-refractivity contribution < 1.29 is 9.59 Å². The van der Waals surface area contributed by atoms with Crippen molar-refractivity contribution in [2.24, 2.45) is 17.3 Å². The number of hydrogen-bond acceptors (Lipinski definition) is 2. The molecule has 0 N–H and O–H groups in total. The Labute approximate surface area is 115 Å². The standard InChI is InChI=1S/C16H25NO2/c1-16(2)10-12(16)15(19)17-9-4-3-7-13(17)11-6-5-8-14(11)18/h11-13H,3-10H2,1-2H3. The van der Waals surface area contributed by atoms with E-state index in [4.69, 9.17) is 0 Å². The van der Waals surface area contributed by atoms with Crippen LogP contribution in [-0.4, -0.2) is 29.2 Å². The molecule has 1 aliphatic heterocycles. The van der Waals surface area contributed by atoms with Gasteiger partial charge in [-0.25, -0.2) is 0 Å². The van der Waals surface area contributed by atoms with E-state index in [2.05, 4.69) is 18.7 Å². The Hall–Kier alpha value is -0.860. The molecule has 106 valence electrons. The number of likely N-dealkylation sites (tertiary alicyclic amines) is 1. The average Bonchev–Trinajstić information content (AvgIpc) is 2.82. The van der Waals surface area contributed by atoms with Crippen molar-refractivity contribution in [2.75, 3.05) is 6.54 Å². The summed E-state index contributed by atoms with van der Waals surface area (Å²) in [4.78, 5) is 26.8. The lowest BCUT2D eigenvalue weighted by Crippen LogP contribution is -2.49. The lowest BCUT2D eigenvalue weighted by Gasteiger charge is -2.39. The number of rotatable bonds is 2. The minimum Gasteiger partial charge on any atom is -0.339 e. The lowest BCUT2D eigenvalue weighted by atomic mass is 9.88. The van der Waals surface area contributed by atoms with Crippen LogP contribution in [0.3, 0.4) is 0 Å². The number of carbonyl (C=O) groups excluding carboxylic acids is 2. The summed E-state index contributed by atoms with van der Waals surface area (Å²) in [6.45, 7) is 5.23. The van der Waals surface area contributed by atoms with Crippen LogP contribution in [0.1, 0.15) is 58.8 Å². The lowest BCUT2D eigenvalue weighted by molar-refractivity contribution is -0.139. The van der Waals surface area contributed by atoms with Crippen molar-refractivity contribution in [3.05, 3.63) is 0 Å². The Morgan fingerprint density at radius 3 is 2.53 bits per heavy atom. The summed E-state index contributed by atoms with van der Waals surface area (Å²) in [5.74, 6) is 1.09. The molecule has 19 heavy (non-hydrogen) atoms. The van der Waals surface area contributed by atoms with Crippen LogP contribution in [0.25, 0.3) is 0 Å². The van der Waals surface area contributed by atoms with Crippen LogP contribution in [0.15, 0.2) is 0 Å². The second-order valence-corrected chi connectivity index (χ2v) is 7.31. The van der Waals surface area contributed by atoms with Gasteiger partial charge in [-0.15, -0.1) is 0 Å². The minimum atomic E-state index is 0.145. The number of nitrogens with zero attached hydrogens (tertiary/aromatic N) is 1. The fourth-order valence-corrected chi connectivity index (χ4v) is 3.99. The maximum atomic E-state index is 12.7. The van der Waals surface area contributed by atoms with E-state index in [0.29, 0.717) is 11.7 Å². The fraction of sp³-hybridized carbons (Fsp3) is 0.875. The van der Waals surface area contributed by atoms with Gasteiger partial charge in [-0.05, 0) is 43.9 Å². The van der Waals surface area contributed by atoms with Crippen LogP contribution in [0.5, 0.6) is 0 Å². The summed E-state index contributed by atoms with van der Waals surface area (Å²) >= 11 is 0. The third-order valence-corrected chi connectivity index (χ3v) is 5.46. The first-order valence-corrected chi connectivity index (χ1v) is 7.84. The van der Waals surface area contributed by atoms with Gasteiger partial charge in [0.1, 0.15) is 5.78 Å². The molecule has 1 saturated heterocycles. The summed E-state index contributed by atoms with van der Waals surface area (Å²) in [7, 11) is 0. The Morgan fingerprint density at radius 1 is 1.21 bits per heavy atom. The van der Waals surface area contributed by atoms with Gasteiger partial charge in [0.15, 0.2) is 0 Å². The topological polar surface area (TPSA) is 37.4 Å². The van der Waals surface area contributed by atoms with Gasteiger partial charge in [0, 0.05) is 30.8 Å². The molecule has 3 aliphatic rings. The highest BCUT2D eigenvalue weighted by atomic mass is 16.2. The zero-order chi connectivity index (χ0) is 13.6. The van der Waals surface area contributed by atoms with E-state index in [1.165, 1.54) is 6.42 Å². The van der Waals surface area contributed by atoms with E-state index in [1.54, 1.807) is 0 Å². The van der Waals surface area contributed by atoms with Crippen LogP contribution < -0.4 is 0 Å². The molecule has 3 fully saturated rings. The normalized spacial score (nSPS) is 37.5. The van der Waals surface area contributed by atoms with Crippen molar-refractivity contribution in [1.29, 1.82) is 0 Å². The molecule has 0 spiro atoms. The van der Waals surface area contributed by atoms with Gasteiger partial charge >= 0.3 is 0 Å². The molecular formula is C16H25NO2. The zero-order valence-corrected chi connectivity index (χ0v) is 12.2. The van der Waals surface area contributed by atoms with Crippen LogP contribution in [0.2, 0.25) is 0 Å². The Bertz CT molecular complexity index is 402. The molecule has 3 atom stereocenters. The van der Waals surface area contributed by atoms with Gasteiger partial charge in [0.25, 0.3) is 0 Å². The second kappa shape index (κ2) is 4.60. The van der Waals surface area contributed by atoms with Crippen molar-refractivity contribution >= 4 is 11.7 Å². The van der Waals surface area contributed by atoms with Crippen molar-refractivity contribution in [3.8, 4) is 0 Å². The van der Waals surface area contributed by atoms with Gasteiger partial charge in [-0.3, -0.25) is 9.59 Å². The summed E-state index contributed by atoms with van der Waals surface area (Å²) in [5, 5.41) is 0. The largest absolute Gasteiger partial charge is 0.339 e. The summed E-state index contributed by atoms with van der Waals surface area (Å²) in [6, 6.07) is 0.215. The molecule has 2 saturated carbocycles. The zero-order valence-electron chi connectivity index (χ0n) is 12.2. The predicted octanol–water partition coefficient (Wildman–Crippen LogP) is 2.78. The summed E-state index contributed by atoms with van der Waals surface area (Å²) in [5.41, 5.74) is 0.193. The average molecular weight is 263 g/mol. The molecule has 1 heterocycles. The third-order valence-electron chi connectivity index (χ3n) is 5.46. The van der Waals surface area contributed by atoms with Crippen molar-refractivity contribution in [3.63, 3.8) is 0 Å². The van der Waals surface area contributed by atoms with E-state index in [-0.39, 0.29) is 23.3 Å². The van der Waals surface area contributed by atoms with Crippen LogP contribution in [0, 0.1) is 17.3 Å². The maximum Gasteiger partial charge on any atom is 0.226 e. The Kier molecular flexibility index (Phi) is 3.18. The van der Waals surface area contributed by atoms with Gasteiger partial charge in [-0.2, -0.15) is 0 Å². The van der Waals surface area contributed by atoms with Gasteiger partial charge in [0.05, 0.1) is 0 Å². The number of amides is 1. The highest BCUT2D eigenvalue weighted by Crippen LogP contribution is 2.53. The monoisotopic (exact) mass is 263 g/mol. The molecule has 0 bridgehead atoms. The molecular weight excluding hydrogens is 238 g/mol. The minimum absolute atomic E-state index is 0.145. The SMILES string of the molecule is CC1(C)CC1C(=O)N1CCCCC1C1CCCC1=O. The summed E-state index contributed by atoms with van der Waals surface area (Å²) in [6.07, 6.45) is 7.10. The predicted molar refractivity (Wildman–Crippen MR) is 73.6 cm³/mol. The molecule has 0 aromatic rings. The Morgan fingerprint density at radius 2 is 1.95 bits per heavy atom. The second-order valence-electron chi connectivity index (χ2n) is 7.31. The first kappa shape index (κ1) is 13.1. The van der Waals surface area contributed by atoms with E-state index in [1.807, 2.05) is 0 Å². The molecule has 3 unspecified atom stereocenters. The number of hydrogen-bond donors (Lipinski definition) is 0. The van der Waals surface area contributed by atoms with Gasteiger partial charge < -0.3 is 4.90 Å². The Balaban J connectivity index is 1.74. The molecule has 0 aromatic carbocycles. The van der Waals surface area contributed by atoms with E-state index >= 15 is 0 Å². The maximum absolute atomic E-state index is 12.7. The van der Waals surface area contributed by atoms with Gasteiger partial charge in [-0.1, -0.05) is 13.8 Å². The van der Waals surface area contributed by atoms with E-state index in [9.17, 15) is 9.59 Å². The molecule has 0 radical (unpaired) electrons. The molecule has 2 aliphatic carbocycles. The number of ketones is 1.